The third-order valence-corrected chi connectivity index (χ3v) is 7.31. The lowest BCUT2D eigenvalue weighted by Gasteiger charge is -2.29. The van der Waals surface area contributed by atoms with E-state index in [1.807, 2.05) is 20.1 Å². The Morgan fingerprint density at radius 2 is 2.00 bits per heavy atom. The van der Waals surface area contributed by atoms with Crippen molar-refractivity contribution in [2.45, 2.75) is 44.7 Å². The van der Waals surface area contributed by atoms with Gasteiger partial charge in [-0.05, 0) is 49.5 Å². The molecule has 2 N–H and O–H groups in total. The molecule has 3 amide bonds. The molecule has 0 aromatic heterocycles. The van der Waals surface area contributed by atoms with Crippen LogP contribution in [0.4, 0.5) is 5.69 Å². The smallest absolute Gasteiger partial charge is 0.250 e. The van der Waals surface area contributed by atoms with Gasteiger partial charge in [0.15, 0.2) is 0 Å². The van der Waals surface area contributed by atoms with Crippen LogP contribution in [0.5, 0.6) is 0 Å². The van der Waals surface area contributed by atoms with Gasteiger partial charge in [-0.15, -0.1) is 0 Å². The predicted molar refractivity (Wildman–Crippen MR) is 115 cm³/mol. The maximum Gasteiger partial charge on any atom is 0.250 e. The number of anilines is 1. The molecule has 6 nitrogen and oxygen atoms in total. The zero-order valence-corrected chi connectivity index (χ0v) is 18.5. The van der Waals surface area contributed by atoms with E-state index in [0.717, 1.165) is 24.2 Å². The Bertz CT molecular complexity index is 892. The van der Waals surface area contributed by atoms with E-state index < -0.39 is 17.4 Å². The number of thioether (sulfide) groups is 1. The Labute approximate surface area is 180 Å². The molecule has 0 saturated carbocycles. The first-order chi connectivity index (χ1) is 13.9. The van der Waals surface area contributed by atoms with Crippen molar-refractivity contribution < 1.29 is 14.4 Å². The van der Waals surface area contributed by atoms with Crippen LogP contribution < -0.4 is 10.6 Å². The highest BCUT2D eigenvalue weighted by molar-refractivity contribution is 7.98. The zero-order chi connectivity index (χ0) is 20.9. The Hall–Kier alpha value is -1.57. The predicted octanol–water partition coefficient (Wildman–Crippen LogP) is 2.92. The summed E-state index contributed by atoms with van der Waals surface area (Å²) in [6.45, 7) is 4.33. The van der Waals surface area contributed by atoms with Crippen molar-refractivity contribution in [2.75, 3.05) is 23.9 Å². The molecule has 1 spiro atoms. The summed E-state index contributed by atoms with van der Waals surface area (Å²) in [5.41, 5.74) is 0.992. The Morgan fingerprint density at radius 3 is 2.69 bits per heavy atom. The molecule has 2 fully saturated rings. The minimum Gasteiger partial charge on any atom is -0.324 e. The van der Waals surface area contributed by atoms with E-state index in [1.54, 1.807) is 23.9 Å². The highest BCUT2D eigenvalue weighted by Crippen LogP contribution is 2.54. The van der Waals surface area contributed by atoms with Crippen molar-refractivity contribution in [3.8, 4) is 0 Å². The minimum atomic E-state index is -1.24. The van der Waals surface area contributed by atoms with E-state index >= 15 is 0 Å². The van der Waals surface area contributed by atoms with Gasteiger partial charge in [-0.25, -0.2) is 0 Å². The minimum absolute atomic E-state index is 0.149. The summed E-state index contributed by atoms with van der Waals surface area (Å²) in [6.07, 6.45) is 4.38. The Morgan fingerprint density at radius 1 is 1.24 bits per heavy atom. The number of likely N-dealkylation sites (tertiary alicyclic amines) is 1. The van der Waals surface area contributed by atoms with E-state index in [1.165, 1.54) is 4.90 Å². The van der Waals surface area contributed by atoms with Crippen molar-refractivity contribution in [2.24, 2.45) is 11.8 Å². The second kappa shape index (κ2) is 7.60. The maximum atomic E-state index is 13.5. The summed E-state index contributed by atoms with van der Waals surface area (Å²) in [6, 6.07) is 3.33. The van der Waals surface area contributed by atoms with Crippen molar-refractivity contribution in [3.05, 3.63) is 28.3 Å². The first kappa shape index (κ1) is 20.7. The molecule has 0 aliphatic carbocycles. The van der Waals surface area contributed by atoms with Gasteiger partial charge in [0.05, 0.1) is 11.8 Å². The number of rotatable bonds is 6. The standard InChI is InChI=1S/C21H26ClN3O3S/c1-4-5-7-25-18(26)15-14(6-8-29-3)24-21(16(15)19(25)27)13-10-12(22)9-11(2)17(13)23-20(21)28/h9-10,14-16,24H,4-8H2,1-3H3,(H,23,28). The summed E-state index contributed by atoms with van der Waals surface area (Å²) < 4.78 is 0. The lowest BCUT2D eigenvalue weighted by molar-refractivity contribution is -0.142. The number of hydrogen-bond donors (Lipinski definition) is 2. The van der Waals surface area contributed by atoms with Gasteiger partial charge in [-0.3, -0.25) is 24.6 Å². The molecule has 4 rings (SSSR count). The topological polar surface area (TPSA) is 78.5 Å². The number of amides is 3. The van der Waals surface area contributed by atoms with Crippen LogP contribution in [0.25, 0.3) is 0 Å². The van der Waals surface area contributed by atoms with E-state index in [-0.39, 0.29) is 23.8 Å². The molecule has 1 aromatic carbocycles. The van der Waals surface area contributed by atoms with Gasteiger partial charge < -0.3 is 5.32 Å². The number of nitrogens with zero attached hydrogens (tertiary/aromatic N) is 1. The normalized spacial score (nSPS) is 30.3. The molecule has 156 valence electrons. The van der Waals surface area contributed by atoms with Crippen LogP contribution in [0.3, 0.4) is 0 Å². The number of carbonyl (C=O) groups excluding carboxylic acids is 3. The summed E-state index contributed by atoms with van der Waals surface area (Å²) >= 11 is 8.02. The Balaban J connectivity index is 1.84. The van der Waals surface area contributed by atoms with Gasteiger partial charge in [0, 0.05) is 28.9 Å². The quantitative estimate of drug-likeness (QED) is 0.672. The fraction of sp³-hybridized carbons (Fsp3) is 0.571. The highest BCUT2D eigenvalue weighted by Gasteiger charge is 2.70. The molecule has 3 heterocycles. The summed E-state index contributed by atoms with van der Waals surface area (Å²) in [4.78, 5) is 41.5. The third-order valence-electron chi connectivity index (χ3n) is 6.45. The van der Waals surface area contributed by atoms with Gasteiger partial charge in [-0.2, -0.15) is 11.8 Å². The number of fused-ring (bicyclic) bond motifs is 4. The molecule has 0 radical (unpaired) electrons. The first-order valence-corrected chi connectivity index (χ1v) is 11.9. The second-order valence-electron chi connectivity index (χ2n) is 8.12. The molecule has 3 aliphatic rings. The molecule has 3 aliphatic heterocycles. The second-order valence-corrected chi connectivity index (χ2v) is 9.55. The fourth-order valence-corrected chi connectivity index (χ4v) is 5.89. The monoisotopic (exact) mass is 435 g/mol. The maximum absolute atomic E-state index is 13.5. The summed E-state index contributed by atoms with van der Waals surface area (Å²) in [5.74, 6) is -1.08. The van der Waals surface area contributed by atoms with Gasteiger partial charge >= 0.3 is 0 Å². The fourth-order valence-electron chi connectivity index (χ4n) is 5.12. The first-order valence-electron chi connectivity index (χ1n) is 10.1. The third kappa shape index (κ3) is 2.93. The SMILES string of the molecule is CCCCN1C(=O)C2C(CCSC)NC3(C(=O)Nc4c(C)cc(Cl)cc43)C2C1=O. The highest BCUT2D eigenvalue weighted by atomic mass is 35.5. The van der Waals surface area contributed by atoms with E-state index in [9.17, 15) is 14.4 Å². The number of hydrogen-bond acceptors (Lipinski definition) is 5. The number of aryl methyl sites for hydroxylation is 1. The van der Waals surface area contributed by atoms with Gasteiger partial charge in [-0.1, -0.05) is 24.9 Å². The number of unbranched alkanes of at least 4 members (excludes halogenated alkanes) is 1. The van der Waals surface area contributed by atoms with Crippen LogP contribution in [0.15, 0.2) is 12.1 Å². The van der Waals surface area contributed by atoms with Gasteiger partial charge in [0.1, 0.15) is 5.54 Å². The van der Waals surface area contributed by atoms with E-state index in [0.29, 0.717) is 29.2 Å². The van der Waals surface area contributed by atoms with Gasteiger partial charge in [0.2, 0.25) is 17.7 Å². The van der Waals surface area contributed by atoms with Crippen molar-refractivity contribution >= 4 is 46.8 Å². The lowest BCUT2D eigenvalue weighted by atomic mass is 9.76. The van der Waals surface area contributed by atoms with Crippen LogP contribution in [-0.4, -0.2) is 47.2 Å². The number of imide groups is 1. The summed E-state index contributed by atoms with van der Waals surface area (Å²) in [7, 11) is 0. The van der Waals surface area contributed by atoms with Gasteiger partial charge in [0.25, 0.3) is 0 Å². The van der Waals surface area contributed by atoms with Crippen molar-refractivity contribution in [1.82, 2.24) is 10.2 Å². The Kier molecular flexibility index (Phi) is 5.42. The van der Waals surface area contributed by atoms with Crippen LogP contribution in [0, 0.1) is 18.8 Å². The lowest BCUT2D eigenvalue weighted by Crippen LogP contribution is -2.53. The molecular formula is C21H26ClN3O3S. The van der Waals surface area contributed by atoms with Crippen LogP contribution in [-0.2, 0) is 19.9 Å². The molecule has 4 atom stereocenters. The van der Waals surface area contributed by atoms with Crippen molar-refractivity contribution in [3.63, 3.8) is 0 Å². The van der Waals surface area contributed by atoms with Crippen LogP contribution in [0.2, 0.25) is 5.02 Å². The molecule has 29 heavy (non-hydrogen) atoms. The molecule has 2 saturated heterocycles. The van der Waals surface area contributed by atoms with E-state index in [2.05, 4.69) is 10.6 Å². The number of nitrogens with one attached hydrogen (secondary N) is 2. The number of benzene rings is 1. The van der Waals surface area contributed by atoms with Crippen molar-refractivity contribution in [1.29, 1.82) is 0 Å². The number of carbonyl (C=O) groups is 3. The molecule has 0 bridgehead atoms. The van der Waals surface area contributed by atoms with Crippen LogP contribution in [0.1, 0.15) is 37.3 Å². The largest absolute Gasteiger partial charge is 0.324 e. The molecule has 8 heteroatoms. The average Bonchev–Trinajstić information content (AvgIpc) is 3.25. The zero-order valence-electron chi connectivity index (χ0n) is 16.9. The molecular weight excluding hydrogens is 410 g/mol. The van der Waals surface area contributed by atoms with E-state index in [4.69, 9.17) is 11.6 Å². The molecule has 1 aromatic rings. The summed E-state index contributed by atoms with van der Waals surface area (Å²) in [5, 5.41) is 6.93. The average molecular weight is 436 g/mol. The number of halogens is 1. The molecule has 4 unspecified atom stereocenters. The van der Waals surface area contributed by atoms with Crippen LogP contribution >= 0.6 is 23.4 Å².